The zero-order valence-electron chi connectivity index (χ0n) is 10.8. The second-order valence-electron chi connectivity index (χ2n) is 4.44. The minimum absolute atomic E-state index is 0.280. The third kappa shape index (κ3) is 2.74. The Kier molecular flexibility index (Phi) is 4.05. The van der Waals surface area contributed by atoms with E-state index in [1.807, 2.05) is 24.3 Å². The quantitative estimate of drug-likeness (QED) is 0.881. The summed E-state index contributed by atoms with van der Waals surface area (Å²) in [5.41, 5.74) is 8.35. The predicted molar refractivity (Wildman–Crippen MR) is 71.9 cm³/mol. The van der Waals surface area contributed by atoms with Gasteiger partial charge in [-0.15, -0.1) is 0 Å². The first-order valence-corrected chi connectivity index (χ1v) is 6.11. The Morgan fingerprint density at radius 1 is 1.33 bits per heavy atom. The molecule has 1 atom stereocenters. The molecule has 0 saturated carbocycles. The topological polar surface area (TPSA) is 48.4 Å². The van der Waals surface area contributed by atoms with E-state index in [-0.39, 0.29) is 5.92 Å². The van der Waals surface area contributed by atoms with Gasteiger partial charge in [0.2, 0.25) is 0 Å². The fraction of sp³-hybridized carbons (Fsp3) is 0.333. The molecule has 0 aliphatic rings. The van der Waals surface area contributed by atoms with Gasteiger partial charge in [0, 0.05) is 12.3 Å². The smallest absolute Gasteiger partial charge is 0.119 e. The number of hydrogen-bond donors (Lipinski definition) is 1. The molecule has 96 valence electrons. The summed E-state index contributed by atoms with van der Waals surface area (Å²) in [6, 6.07) is 10.0. The SMILES string of the molecule is COc1ccc(C(CN)Cc2ccco2)c(C)c1. The number of furan rings is 1. The van der Waals surface area contributed by atoms with Crippen LogP contribution in [0.25, 0.3) is 0 Å². The molecular formula is C15H19NO2. The van der Waals surface area contributed by atoms with Crippen molar-refractivity contribution in [2.24, 2.45) is 5.73 Å². The minimum Gasteiger partial charge on any atom is -0.497 e. The standard InChI is InChI=1S/C15H19NO2/c1-11-8-13(17-2)5-6-15(11)12(10-16)9-14-4-3-7-18-14/h3-8,12H,9-10,16H2,1-2H3. The lowest BCUT2D eigenvalue weighted by atomic mass is 9.91. The second kappa shape index (κ2) is 5.74. The number of nitrogens with two attached hydrogens (primary N) is 1. The summed E-state index contributed by atoms with van der Waals surface area (Å²) in [5.74, 6) is 2.13. The van der Waals surface area contributed by atoms with E-state index in [0.29, 0.717) is 6.54 Å². The Balaban J connectivity index is 2.22. The first-order valence-electron chi connectivity index (χ1n) is 6.11. The van der Waals surface area contributed by atoms with Crippen molar-refractivity contribution in [1.29, 1.82) is 0 Å². The van der Waals surface area contributed by atoms with Gasteiger partial charge in [0.05, 0.1) is 13.4 Å². The van der Waals surface area contributed by atoms with Crippen molar-refractivity contribution in [1.82, 2.24) is 0 Å². The van der Waals surface area contributed by atoms with E-state index in [1.54, 1.807) is 13.4 Å². The van der Waals surface area contributed by atoms with Crippen molar-refractivity contribution in [2.45, 2.75) is 19.3 Å². The number of methoxy groups -OCH3 is 1. The fourth-order valence-corrected chi connectivity index (χ4v) is 2.23. The van der Waals surface area contributed by atoms with E-state index in [0.717, 1.165) is 17.9 Å². The lowest BCUT2D eigenvalue weighted by Crippen LogP contribution is -2.16. The minimum atomic E-state index is 0.280. The zero-order chi connectivity index (χ0) is 13.0. The molecule has 1 heterocycles. The molecule has 1 unspecified atom stereocenters. The zero-order valence-corrected chi connectivity index (χ0v) is 10.8. The van der Waals surface area contributed by atoms with E-state index in [1.165, 1.54) is 11.1 Å². The van der Waals surface area contributed by atoms with E-state index in [9.17, 15) is 0 Å². The molecule has 0 radical (unpaired) electrons. The summed E-state index contributed by atoms with van der Waals surface area (Å²) in [6.45, 7) is 2.69. The van der Waals surface area contributed by atoms with Gasteiger partial charge >= 0.3 is 0 Å². The van der Waals surface area contributed by atoms with Crippen molar-refractivity contribution in [3.05, 3.63) is 53.5 Å². The average Bonchev–Trinajstić information content (AvgIpc) is 2.89. The Bertz CT molecular complexity index is 491. The van der Waals surface area contributed by atoms with Crippen LogP contribution in [0.15, 0.2) is 41.0 Å². The highest BCUT2D eigenvalue weighted by Crippen LogP contribution is 2.26. The predicted octanol–water partition coefficient (Wildman–Crippen LogP) is 2.88. The molecule has 3 nitrogen and oxygen atoms in total. The van der Waals surface area contributed by atoms with Crippen molar-refractivity contribution in [3.8, 4) is 5.75 Å². The molecule has 3 heteroatoms. The van der Waals surface area contributed by atoms with Gasteiger partial charge in [0.1, 0.15) is 11.5 Å². The van der Waals surface area contributed by atoms with Crippen molar-refractivity contribution >= 4 is 0 Å². The number of rotatable bonds is 5. The van der Waals surface area contributed by atoms with Crippen LogP contribution < -0.4 is 10.5 Å². The highest BCUT2D eigenvalue weighted by molar-refractivity contribution is 5.37. The van der Waals surface area contributed by atoms with Gasteiger partial charge in [0.15, 0.2) is 0 Å². The van der Waals surface area contributed by atoms with Crippen LogP contribution in [-0.4, -0.2) is 13.7 Å². The lowest BCUT2D eigenvalue weighted by molar-refractivity contribution is 0.414. The summed E-state index contributed by atoms with van der Waals surface area (Å²) in [6.07, 6.45) is 2.53. The Hall–Kier alpha value is -1.74. The average molecular weight is 245 g/mol. The van der Waals surface area contributed by atoms with Crippen LogP contribution in [0.4, 0.5) is 0 Å². The molecule has 0 bridgehead atoms. The number of ether oxygens (including phenoxy) is 1. The van der Waals surface area contributed by atoms with Gasteiger partial charge in [-0.1, -0.05) is 6.07 Å². The molecule has 0 amide bonds. The highest BCUT2D eigenvalue weighted by Gasteiger charge is 2.14. The van der Waals surface area contributed by atoms with Gasteiger partial charge in [-0.3, -0.25) is 0 Å². The van der Waals surface area contributed by atoms with E-state index in [2.05, 4.69) is 13.0 Å². The Labute approximate surface area is 108 Å². The summed E-state index contributed by atoms with van der Waals surface area (Å²) < 4.78 is 10.6. The van der Waals surface area contributed by atoms with Crippen molar-refractivity contribution in [3.63, 3.8) is 0 Å². The Morgan fingerprint density at radius 2 is 2.17 bits per heavy atom. The van der Waals surface area contributed by atoms with Crippen LogP contribution in [0, 0.1) is 6.92 Å². The van der Waals surface area contributed by atoms with Gasteiger partial charge in [-0.25, -0.2) is 0 Å². The van der Waals surface area contributed by atoms with Crippen LogP contribution in [-0.2, 0) is 6.42 Å². The highest BCUT2D eigenvalue weighted by atomic mass is 16.5. The van der Waals surface area contributed by atoms with Gasteiger partial charge < -0.3 is 14.9 Å². The molecule has 0 saturated heterocycles. The molecule has 2 aromatic rings. The van der Waals surface area contributed by atoms with E-state index in [4.69, 9.17) is 14.9 Å². The van der Waals surface area contributed by atoms with Crippen LogP contribution in [0.1, 0.15) is 22.8 Å². The third-order valence-corrected chi connectivity index (χ3v) is 3.23. The molecule has 2 rings (SSSR count). The normalized spacial score (nSPS) is 12.4. The summed E-state index contributed by atoms with van der Waals surface area (Å²) in [7, 11) is 1.68. The molecule has 1 aromatic carbocycles. The molecule has 1 aromatic heterocycles. The number of aryl methyl sites for hydroxylation is 1. The summed E-state index contributed by atoms with van der Waals surface area (Å²) >= 11 is 0. The number of benzene rings is 1. The van der Waals surface area contributed by atoms with Crippen LogP contribution in [0.5, 0.6) is 5.75 Å². The van der Waals surface area contributed by atoms with Crippen LogP contribution in [0.3, 0.4) is 0 Å². The summed E-state index contributed by atoms with van der Waals surface area (Å²) in [4.78, 5) is 0. The van der Waals surface area contributed by atoms with E-state index < -0.39 is 0 Å². The molecule has 18 heavy (non-hydrogen) atoms. The monoisotopic (exact) mass is 245 g/mol. The molecule has 0 aliphatic heterocycles. The van der Waals surface area contributed by atoms with Crippen molar-refractivity contribution < 1.29 is 9.15 Å². The second-order valence-corrected chi connectivity index (χ2v) is 4.44. The maximum absolute atomic E-state index is 5.89. The Morgan fingerprint density at radius 3 is 2.72 bits per heavy atom. The maximum atomic E-state index is 5.89. The molecule has 0 aliphatic carbocycles. The summed E-state index contributed by atoms with van der Waals surface area (Å²) in [5, 5.41) is 0. The first kappa shape index (κ1) is 12.7. The van der Waals surface area contributed by atoms with Gasteiger partial charge in [-0.2, -0.15) is 0 Å². The molecule has 2 N–H and O–H groups in total. The van der Waals surface area contributed by atoms with Crippen LogP contribution in [0.2, 0.25) is 0 Å². The molecular weight excluding hydrogens is 226 g/mol. The van der Waals surface area contributed by atoms with E-state index >= 15 is 0 Å². The molecule has 0 spiro atoms. The van der Waals surface area contributed by atoms with Crippen LogP contribution >= 0.6 is 0 Å². The fourth-order valence-electron chi connectivity index (χ4n) is 2.23. The molecule has 0 fully saturated rings. The van der Waals surface area contributed by atoms with Gasteiger partial charge in [-0.05, 0) is 48.9 Å². The lowest BCUT2D eigenvalue weighted by Gasteiger charge is -2.17. The number of hydrogen-bond acceptors (Lipinski definition) is 3. The largest absolute Gasteiger partial charge is 0.497 e. The third-order valence-electron chi connectivity index (χ3n) is 3.23. The van der Waals surface area contributed by atoms with Gasteiger partial charge in [0.25, 0.3) is 0 Å². The van der Waals surface area contributed by atoms with Crippen molar-refractivity contribution in [2.75, 3.05) is 13.7 Å². The maximum Gasteiger partial charge on any atom is 0.119 e. The first-order chi connectivity index (χ1) is 8.74.